The van der Waals surface area contributed by atoms with Crippen LogP contribution in [-0.2, 0) is 9.47 Å². The van der Waals surface area contributed by atoms with Crippen molar-refractivity contribution in [1.29, 1.82) is 0 Å². The van der Waals surface area contributed by atoms with Gasteiger partial charge in [0.15, 0.2) is 5.13 Å². The van der Waals surface area contributed by atoms with Gasteiger partial charge in [-0.1, -0.05) is 59.9 Å². The van der Waals surface area contributed by atoms with Gasteiger partial charge in [0.25, 0.3) is 0 Å². The predicted molar refractivity (Wildman–Crippen MR) is 116 cm³/mol. The van der Waals surface area contributed by atoms with E-state index in [1.807, 2.05) is 24.3 Å². The van der Waals surface area contributed by atoms with Crippen molar-refractivity contribution in [2.24, 2.45) is 0 Å². The Morgan fingerprint density at radius 2 is 1.81 bits per heavy atom. The maximum atomic E-state index is 12.5. The molecule has 2 heterocycles. The highest BCUT2D eigenvalue weighted by Gasteiger charge is 2.30. The molecule has 3 aromatic rings. The van der Waals surface area contributed by atoms with Crippen LogP contribution in [0.5, 0.6) is 0 Å². The van der Waals surface area contributed by atoms with Crippen LogP contribution in [0.3, 0.4) is 0 Å². The largest absolute Gasteiger partial charge is 0.477 e. The van der Waals surface area contributed by atoms with Crippen LogP contribution in [0.2, 0.25) is 0 Å². The Kier molecular flexibility index (Phi) is 5.17. The van der Waals surface area contributed by atoms with Crippen LogP contribution in [0.1, 0.15) is 51.4 Å². The average molecular weight is 436 g/mol. The second-order valence-corrected chi connectivity index (χ2v) is 8.49. The Morgan fingerprint density at radius 3 is 2.42 bits per heavy atom. The number of amides is 1. The van der Waals surface area contributed by atoms with Crippen molar-refractivity contribution in [3.63, 3.8) is 0 Å². The molecular weight excluding hydrogens is 416 g/mol. The summed E-state index contributed by atoms with van der Waals surface area (Å²) in [6.45, 7) is 0.756. The molecule has 5 rings (SSSR count). The number of rotatable bonds is 5. The highest BCUT2D eigenvalue weighted by atomic mass is 32.1. The first-order valence-electron chi connectivity index (χ1n) is 10.1. The molecule has 1 aliphatic heterocycles. The molecule has 1 unspecified atom stereocenters. The summed E-state index contributed by atoms with van der Waals surface area (Å²) >= 11 is 0.915. The van der Waals surface area contributed by atoms with E-state index in [4.69, 9.17) is 9.47 Å². The lowest BCUT2D eigenvalue weighted by atomic mass is 9.98. The van der Waals surface area contributed by atoms with Gasteiger partial charge in [-0.15, -0.1) is 0 Å². The van der Waals surface area contributed by atoms with Crippen LogP contribution in [-0.4, -0.2) is 35.4 Å². The van der Waals surface area contributed by atoms with Crippen LogP contribution in [0.25, 0.3) is 11.1 Å². The second kappa shape index (κ2) is 8.13. The lowest BCUT2D eigenvalue weighted by Gasteiger charge is -2.14. The van der Waals surface area contributed by atoms with Crippen LogP contribution in [0, 0.1) is 0 Å². The number of nitrogens with one attached hydrogen (secondary N) is 1. The average Bonchev–Trinajstić information content (AvgIpc) is 3.50. The summed E-state index contributed by atoms with van der Waals surface area (Å²) in [6, 6.07) is 16.2. The number of carboxylic acids is 1. The molecule has 31 heavy (non-hydrogen) atoms. The topological polar surface area (TPSA) is 97.8 Å². The Bertz CT molecular complexity index is 1110. The number of aromatic carboxylic acids is 1. The van der Waals surface area contributed by atoms with Gasteiger partial charge in [-0.05, 0) is 35.1 Å². The Labute approximate surface area is 182 Å². The third-order valence-electron chi connectivity index (χ3n) is 5.63. The molecule has 1 aliphatic carbocycles. The lowest BCUT2D eigenvalue weighted by Crippen LogP contribution is -2.17. The van der Waals surface area contributed by atoms with Gasteiger partial charge >= 0.3 is 12.1 Å². The number of aromatic nitrogens is 1. The minimum absolute atomic E-state index is 0.0496. The molecule has 2 aliphatic rings. The maximum absolute atomic E-state index is 12.5. The number of hydrogen-bond donors (Lipinski definition) is 2. The standard InChI is InChI=1S/C23H20N2O5S/c26-21(27)20-19(18-10-5-11-29-18)24-22(31-20)25-23(28)30-12-17-15-8-3-1-6-13(15)14-7-2-4-9-16(14)17/h1-4,6-9,17-18H,5,10-12H2,(H,26,27)(H,24,25,28). The van der Waals surface area contributed by atoms with Crippen molar-refractivity contribution in [3.05, 3.63) is 70.2 Å². The molecule has 0 radical (unpaired) electrons. The molecule has 1 atom stereocenters. The number of nitrogens with zero attached hydrogens (tertiary/aromatic N) is 1. The van der Waals surface area contributed by atoms with Crippen molar-refractivity contribution in [1.82, 2.24) is 4.98 Å². The number of fused-ring (bicyclic) bond motifs is 3. The lowest BCUT2D eigenvalue weighted by molar-refractivity contribution is 0.0686. The third kappa shape index (κ3) is 3.68. The maximum Gasteiger partial charge on any atom is 0.413 e. The SMILES string of the molecule is O=C(Nc1nc(C2CCCO2)c(C(=O)O)s1)OCC1c2ccccc2-c2ccccc21. The molecule has 0 saturated carbocycles. The van der Waals surface area contributed by atoms with Crippen molar-refractivity contribution >= 4 is 28.5 Å². The number of ether oxygens (including phenoxy) is 2. The van der Waals surface area contributed by atoms with Crippen LogP contribution < -0.4 is 5.32 Å². The predicted octanol–water partition coefficient (Wildman–Crippen LogP) is 5.05. The summed E-state index contributed by atoms with van der Waals surface area (Å²) in [5.74, 6) is -1.13. The van der Waals surface area contributed by atoms with Crippen LogP contribution >= 0.6 is 11.3 Å². The second-order valence-electron chi connectivity index (χ2n) is 7.49. The fourth-order valence-electron chi connectivity index (χ4n) is 4.27. The highest BCUT2D eigenvalue weighted by molar-refractivity contribution is 7.17. The number of benzene rings is 2. The molecular formula is C23H20N2O5S. The number of anilines is 1. The van der Waals surface area contributed by atoms with E-state index < -0.39 is 12.1 Å². The number of carbonyl (C=O) groups excluding carboxylic acids is 1. The molecule has 2 N–H and O–H groups in total. The van der Waals surface area contributed by atoms with Crippen LogP contribution in [0.4, 0.5) is 9.93 Å². The van der Waals surface area contributed by atoms with Crippen molar-refractivity contribution in [3.8, 4) is 11.1 Å². The molecule has 0 spiro atoms. The zero-order valence-corrected chi connectivity index (χ0v) is 17.4. The van der Waals surface area contributed by atoms with E-state index in [0.717, 1.165) is 40.0 Å². The van der Waals surface area contributed by atoms with Gasteiger partial charge in [-0.2, -0.15) is 0 Å². The molecule has 1 amide bonds. The van der Waals surface area contributed by atoms with Crippen LogP contribution in [0.15, 0.2) is 48.5 Å². The zero-order valence-electron chi connectivity index (χ0n) is 16.5. The summed E-state index contributed by atoms with van der Waals surface area (Å²) in [7, 11) is 0. The van der Waals surface area contributed by atoms with E-state index in [1.54, 1.807) is 0 Å². The first kappa shape index (κ1) is 19.7. The van der Waals surface area contributed by atoms with Gasteiger partial charge in [0.1, 0.15) is 17.6 Å². The monoisotopic (exact) mass is 436 g/mol. The van der Waals surface area contributed by atoms with Gasteiger partial charge < -0.3 is 14.6 Å². The molecule has 0 bridgehead atoms. The summed E-state index contributed by atoms with van der Waals surface area (Å²) in [5, 5.41) is 12.3. The highest BCUT2D eigenvalue weighted by Crippen LogP contribution is 2.44. The van der Waals surface area contributed by atoms with Gasteiger partial charge in [-0.25, -0.2) is 14.6 Å². The smallest absolute Gasteiger partial charge is 0.413 e. The molecule has 1 saturated heterocycles. The van der Waals surface area contributed by atoms with E-state index in [9.17, 15) is 14.7 Å². The molecule has 1 fully saturated rings. The van der Waals surface area contributed by atoms with Crippen molar-refractivity contribution < 1.29 is 24.2 Å². The zero-order chi connectivity index (χ0) is 21.4. The number of thiazole rings is 1. The number of carbonyl (C=O) groups is 2. The summed E-state index contributed by atoms with van der Waals surface area (Å²) < 4.78 is 11.1. The molecule has 1 aromatic heterocycles. The third-order valence-corrected chi connectivity index (χ3v) is 6.61. The molecule has 8 heteroatoms. The van der Waals surface area contributed by atoms with E-state index in [0.29, 0.717) is 18.7 Å². The Hall–Kier alpha value is -3.23. The summed E-state index contributed by atoms with van der Waals surface area (Å²) in [4.78, 5) is 28.4. The molecule has 7 nitrogen and oxygen atoms in total. The van der Waals surface area contributed by atoms with Gasteiger partial charge in [0.05, 0.1) is 5.69 Å². The Morgan fingerprint density at radius 1 is 1.13 bits per heavy atom. The number of carboxylic acid groups (broad SMARTS) is 1. The van der Waals surface area contributed by atoms with E-state index in [2.05, 4.69) is 34.6 Å². The van der Waals surface area contributed by atoms with Crippen molar-refractivity contribution in [2.75, 3.05) is 18.5 Å². The van der Waals surface area contributed by atoms with Gasteiger partial charge in [0.2, 0.25) is 0 Å². The van der Waals surface area contributed by atoms with Gasteiger partial charge in [0, 0.05) is 12.5 Å². The summed E-state index contributed by atoms with van der Waals surface area (Å²) in [5.41, 5.74) is 4.92. The fraction of sp³-hybridized carbons (Fsp3) is 0.261. The number of hydrogen-bond acceptors (Lipinski definition) is 6. The van der Waals surface area contributed by atoms with Gasteiger partial charge in [-0.3, -0.25) is 5.32 Å². The fourth-order valence-corrected chi connectivity index (χ4v) is 5.11. The summed E-state index contributed by atoms with van der Waals surface area (Å²) in [6.07, 6.45) is 0.567. The first-order chi connectivity index (χ1) is 15.1. The van der Waals surface area contributed by atoms with Crippen molar-refractivity contribution in [2.45, 2.75) is 24.9 Å². The quantitative estimate of drug-likeness (QED) is 0.581. The molecule has 2 aromatic carbocycles. The van der Waals surface area contributed by atoms with E-state index >= 15 is 0 Å². The minimum Gasteiger partial charge on any atom is -0.477 e. The van der Waals surface area contributed by atoms with E-state index in [-0.39, 0.29) is 28.6 Å². The normalized spacial score (nSPS) is 17.2. The Balaban J connectivity index is 1.30. The molecule has 158 valence electrons. The van der Waals surface area contributed by atoms with E-state index in [1.165, 1.54) is 0 Å². The first-order valence-corrected chi connectivity index (χ1v) is 10.9. The minimum atomic E-state index is -1.08.